The quantitative estimate of drug-likeness (QED) is 0.626. The van der Waals surface area contributed by atoms with Crippen LogP contribution in [-0.2, 0) is 0 Å². The normalized spacial score (nSPS) is 10.2. The summed E-state index contributed by atoms with van der Waals surface area (Å²) in [7, 11) is 1.23. The van der Waals surface area contributed by atoms with Crippen molar-refractivity contribution in [3.8, 4) is 17.5 Å². The van der Waals surface area contributed by atoms with Gasteiger partial charge < -0.3 is 9.47 Å². The Morgan fingerprint density at radius 2 is 2.05 bits per heavy atom. The van der Waals surface area contributed by atoms with Gasteiger partial charge in [-0.2, -0.15) is 9.97 Å². The number of hydrogen-bond donors (Lipinski definition) is 0. The fourth-order valence-corrected chi connectivity index (χ4v) is 1.63. The van der Waals surface area contributed by atoms with Gasteiger partial charge in [0.15, 0.2) is 0 Å². The zero-order valence-corrected chi connectivity index (χ0v) is 11.6. The van der Waals surface area contributed by atoms with Crippen LogP contribution in [0.3, 0.4) is 0 Å². The summed E-state index contributed by atoms with van der Waals surface area (Å²) >= 11 is 2.99. The molecule has 104 valence electrons. The van der Waals surface area contributed by atoms with Gasteiger partial charge >= 0.3 is 17.4 Å². The van der Waals surface area contributed by atoms with Crippen LogP contribution in [0, 0.1) is 15.9 Å². The third-order valence-corrected chi connectivity index (χ3v) is 2.88. The highest BCUT2D eigenvalue weighted by molar-refractivity contribution is 9.10. The minimum absolute atomic E-state index is 0.0644. The van der Waals surface area contributed by atoms with E-state index in [1.807, 2.05) is 0 Å². The van der Waals surface area contributed by atoms with Crippen molar-refractivity contribution >= 4 is 21.6 Å². The highest BCUT2D eigenvalue weighted by Gasteiger charge is 2.26. The van der Waals surface area contributed by atoms with Gasteiger partial charge in [-0.05, 0) is 28.1 Å². The van der Waals surface area contributed by atoms with Gasteiger partial charge in [-0.1, -0.05) is 0 Å². The summed E-state index contributed by atoms with van der Waals surface area (Å²) in [4.78, 5) is 17.5. The molecule has 0 amide bonds. The minimum Gasteiger partial charge on any atom is -0.476 e. The van der Waals surface area contributed by atoms with E-state index < -0.39 is 16.4 Å². The molecule has 0 radical (unpaired) electrons. The topological polar surface area (TPSA) is 87.4 Å². The Bertz CT molecular complexity index is 668. The van der Waals surface area contributed by atoms with Gasteiger partial charge in [0, 0.05) is 6.07 Å². The molecule has 9 heteroatoms. The molecule has 0 saturated heterocycles. The molecular weight excluding hydrogens is 337 g/mol. The van der Waals surface area contributed by atoms with E-state index in [1.165, 1.54) is 19.2 Å². The van der Waals surface area contributed by atoms with Crippen molar-refractivity contribution in [1.82, 2.24) is 9.97 Å². The highest BCUT2D eigenvalue weighted by Crippen LogP contribution is 2.35. The third-order valence-electron chi connectivity index (χ3n) is 2.24. The second-order valence-electron chi connectivity index (χ2n) is 3.47. The first-order valence-corrected chi connectivity index (χ1v) is 5.98. The van der Waals surface area contributed by atoms with Crippen LogP contribution in [0.1, 0.15) is 0 Å². The summed E-state index contributed by atoms with van der Waals surface area (Å²) in [5.41, 5.74) is -0.529. The zero-order valence-electron chi connectivity index (χ0n) is 10.0. The van der Waals surface area contributed by atoms with E-state index in [-0.39, 0.29) is 22.0 Å². The van der Waals surface area contributed by atoms with Crippen LogP contribution in [0.2, 0.25) is 0 Å². The lowest BCUT2D eigenvalue weighted by molar-refractivity contribution is -0.387. The molecule has 1 heterocycles. The first kappa shape index (κ1) is 14.1. The molecule has 0 bridgehead atoms. The Hall–Kier alpha value is -2.29. The number of aromatic nitrogens is 2. The molecule has 0 unspecified atom stereocenters. The van der Waals surface area contributed by atoms with Crippen molar-refractivity contribution in [2.75, 3.05) is 7.11 Å². The molecule has 0 aliphatic heterocycles. The summed E-state index contributed by atoms with van der Waals surface area (Å²) in [6, 6.07) is 3.92. The van der Waals surface area contributed by atoms with E-state index in [2.05, 4.69) is 25.9 Å². The number of rotatable bonds is 4. The summed E-state index contributed by atoms with van der Waals surface area (Å²) < 4.78 is 23.6. The number of ether oxygens (including phenoxy) is 2. The summed E-state index contributed by atoms with van der Waals surface area (Å²) in [5, 5.41) is 11.0. The highest BCUT2D eigenvalue weighted by atomic mass is 79.9. The van der Waals surface area contributed by atoms with Crippen LogP contribution < -0.4 is 9.47 Å². The summed E-state index contributed by atoms with van der Waals surface area (Å²) in [5.74, 6) is -1.07. The molecule has 0 aliphatic carbocycles. The molecule has 20 heavy (non-hydrogen) atoms. The average Bonchev–Trinajstić information content (AvgIpc) is 2.42. The van der Waals surface area contributed by atoms with Crippen molar-refractivity contribution < 1.29 is 18.8 Å². The van der Waals surface area contributed by atoms with Crippen LogP contribution in [0.4, 0.5) is 10.1 Å². The lowest BCUT2D eigenvalue weighted by atomic mass is 10.3. The molecule has 0 fully saturated rings. The van der Waals surface area contributed by atoms with Crippen molar-refractivity contribution in [3.63, 3.8) is 0 Å². The molecule has 0 spiro atoms. The Morgan fingerprint density at radius 3 is 2.65 bits per heavy atom. The van der Waals surface area contributed by atoms with E-state index in [0.717, 1.165) is 12.4 Å². The number of hydrogen-bond acceptors (Lipinski definition) is 6. The number of halogens is 2. The summed E-state index contributed by atoms with van der Waals surface area (Å²) in [6.45, 7) is 0. The maximum absolute atomic E-state index is 13.4. The van der Waals surface area contributed by atoms with E-state index in [4.69, 9.17) is 9.47 Å². The smallest absolute Gasteiger partial charge is 0.392 e. The van der Waals surface area contributed by atoms with Crippen molar-refractivity contribution in [2.24, 2.45) is 0 Å². The lowest BCUT2D eigenvalue weighted by Crippen LogP contribution is -2.01. The molecule has 7 nitrogen and oxygen atoms in total. The molecule has 0 saturated carbocycles. The molecule has 0 N–H and O–H groups in total. The third kappa shape index (κ3) is 2.82. The van der Waals surface area contributed by atoms with E-state index in [9.17, 15) is 14.5 Å². The largest absolute Gasteiger partial charge is 0.476 e. The van der Waals surface area contributed by atoms with Gasteiger partial charge in [0.05, 0.1) is 16.5 Å². The van der Waals surface area contributed by atoms with Gasteiger partial charge in [-0.15, -0.1) is 0 Å². The Labute approximate surface area is 120 Å². The summed E-state index contributed by atoms with van der Waals surface area (Å²) in [6.07, 6.45) is 1.05. The molecular formula is C11H7BrFN3O4. The van der Waals surface area contributed by atoms with Gasteiger partial charge in [0.2, 0.25) is 0 Å². The maximum Gasteiger partial charge on any atom is 0.392 e. The molecule has 0 aliphatic rings. The fourth-order valence-electron chi connectivity index (χ4n) is 1.38. The lowest BCUT2D eigenvalue weighted by Gasteiger charge is -2.07. The number of nitrogens with zero attached hydrogens (tertiary/aromatic N) is 3. The molecule has 1 aromatic carbocycles. The van der Waals surface area contributed by atoms with Gasteiger partial charge in [0.25, 0.3) is 0 Å². The van der Waals surface area contributed by atoms with Crippen LogP contribution in [0.15, 0.2) is 29.0 Å². The van der Waals surface area contributed by atoms with Crippen molar-refractivity contribution in [2.45, 2.75) is 0 Å². The maximum atomic E-state index is 13.4. The molecule has 0 atom stereocenters. The number of methoxy groups -OCH3 is 1. The Balaban J connectivity index is 2.42. The molecule has 2 rings (SSSR count). The van der Waals surface area contributed by atoms with Crippen LogP contribution in [0.5, 0.6) is 17.5 Å². The first-order chi connectivity index (χ1) is 9.52. The molecule has 2 aromatic rings. The first-order valence-electron chi connectivity index (χ1n) is 5.19. The average molecular weight is 344 g/mol. The SMILES string of the molecule is COc1ncnc(Oc2ccc(Br)c(F)c2)c1[N+](=O)[O-]. The Morgan fingerprint density at radius 1 is 1.35 bits per heavy atom. The monoisotopic (exact) mass is 343 g/mol. The molecule has 1 aromatic heterocycles. The van der Waals surface area contributed by atoms with Gasteiger partial charge in [0.1, 0.15) is 17.9 Å². The fraction of sp³-hybridized carbons (Fsp3) is 0.0909. The van der Waals surface area contributed by atoms with Gasteiger partial charge in [-0.3, -0.25) is 10.1 Å². The number of benzene rings is 1. The Kier molecular flexibility index (Phi) is 4.08. The predicted octanol–water partition coefficient (Wildman–Crippen LogP) is 3.09. The van der Waals surface area contributed by atoms with Crippen LogP contribution >= 0.6 is 15.9 Å². The van der Waals surface area contributed by atoms with Crippen LogP contribution in [-0.4, -0.2) is 22.0 Å². The number of nitro groups is 1. The second-order valence-corrected chi connectivity index (χ2v) is 4.33. The van der Waals surface area contributed by atoms with E-state index in [1.54, 1.807) is 0 Å². The minimum atomic E-state index is -0.733. The van der Waals surface area contributed by atoms with Crippen molar-refractivity contribution in [3.05, 3.63) is 44.9 Å². The standard InChI is InChI=1S/C11H7BrFN3O4/c1-19-10-9(16(17)18)11(15-5-14-10)20-6-2-3-7(12)8(13)4-6/h2-5H,1H3. The predicted molar refractivity (Wildman–Crippen MR) is 69.4 cm³/mol. The second kappa shape index (κ2) is 5.78. The van der Waals surface area contributed by atoms with Crippen LogP contribution in [0.25, 0.3) is 0 Å². The zero-order chi connectivity index (χ0) is 14.7. The van der Waals surface area contributed by atoms with Gasteiger partial charge in [-0.25, -0.2) is 4.39 Å². The van der Waals surface area contributed by atoms with Crippen molar-refractivity contribution in [1.29, 1.82) is 0 Å². The van der Waals surface area contributed by atoms with E-state index >= 15 is 0 Å². The van der Waals surface area contributed by atoms with E-state index in [0.29, 0.717) is 0 Å².